The van der Waals surface area contributed by atoms with Gasteiger partial charge in [-0.25, -0.2) is 9.59 Å². The molecule has 1 heterocycles. The van der Waals surface area contributed by atoms with Gasteiger partial charge in [0.2, 0.25) is 0 Å². The fourth-order valence-electron chi connectivity index (χ4n) is 1.87. The Labute approximate surface area is 97.8 Å². The standard InChI is InChI=1S/C12H10O5/c1-3-16-10(13)7-4-5-8-9(6(7)2)12(15)17-11(8)14/h6-7H,3H2,1-2H3. The van der Waals surface area contributed by atoms with Gasteiger partial charge in [0.25, 0.3) is 0 Å². The number of cyclic esters (lactones) is 2. The maximum Gasteiger partial charge on any atom is 0.355 e. The highest BCUT2D eigenvalue weighted by molar-refractivity contribution is 6.16. The van der Waals surface area contributed by atoms with Gasteiger partial charge in [-0.05, 0) is 6.92 Å². The van der Waals surface area contributed by atoms with Crippen LogP contribution in [0.1, 0.15) is 13.8 Å². The lowest BCUT2D eigenvalue weighted by atomic mass is 9.82. The smallest absolute Gasteiger partial charge is 0.355 e. The Hall–Kier alpha value is -2.09. The van der Waals surface area contributed by atoms with E-state index in [0.717, 1.165) is 0 Å². The summed E-state index contributed by atoms with van der Waals surface area (Å²) in [5.41, 5.74) is 0.259. The van der Waals surface area contributed by atoms with Crippen LogP contribution in [-0.4, -0.2) is 24.5 Å². The Kier molecular flexibility index (Phi) is 2.72. The van der Waals surface area contributed by atoms with Crippen molar-refractivity contribution in [3.63, 3.8) is 0 Å². The lowest BCUT2D eigenvalue weighted by Crippen LogP contribution is -2.28. The number of carbonyl (C=O) groups is 3. The van der Waals surface area contributed by atoms with E-state index in [-0.39, 0.29) is 17.8 Å². The average molecular weight is 234 g/mol. The Morgan fingerprint density at radius 3 is 2.76 bits per heavy atom. The molecule has 1 aliphatic carbocycles. The molecular weight excluding hydrogens is 224 g/mol. The zero-order valence-electron chi connectivity index (χ0n) is 9.40. The van der Waals surface area contributed by atoms with Crippen molar-refractivity contribution in [1.82, 2.24) is 0 Å². The monoisotopic (exact) mass is 234 g/mol. The first kappa shape index (κ1) is 11.4. The molecule has 5 nitrogen and oxygen atoms in total. The number of esters is 3. The highest BCUT2D eigenvalue weighted by atomic mass is 16.6. The van der Waals surface area contributed by atoms with Crippen LogP contribution in [0.15, 0.2) is 11.1 Å². The first-order valence-corrected chi connectivity index (χ1v) is 5.25. The predicted molar refractivity (Wildman–Crippen MR) is 55.2 cm³/mol. The molecule has 2 rings (SSSR count). The topological polar surface area (TPSA) is 69.7 Å². The summed E-state index contributed by atoms with van der Waals surface area (Å²) >= 11 is 0. The van der Waals surface area contributed by atoms with Crippen LogP contribution >= 0.6 is 0 Å². The molecule has 0 saturated carbocycles. The van der Waals surface area contributed by atoms with Crippen molar-refractivity contribution < 1.29 is 23.9 Å². The summed E-state index contributed by atoms with van der Waals surface area (Å²) < 4.78 is 9.32. The van der Waals surface area contributed by atoms with Crippen LogP contribution in [0.4, 0.5) is 0 Å². The third-order valence-corrected chi connectivity index (χ3v) is 2.73. The first-order chi connectivity index (χ1) is 8.06. The van der Waals surface area contributed by atoms with E-state index in [1.165, 1.54) is 0 Å². The summed E-state index contributed by atoms with van der Waals surface area (Å²) in [5, 5.41) is 0. The average Bonchev–Trinajstić information content (AvgIpc) is 2.56. The van der Waals surface area contributed by atoms with Crippen molar-refractivity contribution in [2.75, 3.05) is 6.61 Å². The number of ether oxygens (including phenoxy) is 2. The second-order valence-electron chi connectivity index (χ2n) is 3.75. The van der Waals surface area contributed by atoms with Gasteiger partial charge in [-0.2, -0.15) is 0 Å². The summed E-state index contributed by atoms with van der Waals surface area (Å²) in [7, 11) is 0. The molecule has 0 aromatic heterocycles. The quantitative estimate of drug-likeness (QED) is 0.388. The van der Waals surface area contributed by atoms with E-state index in [1.807, 2.05) is 0 Å². The van der Waals surface area contributed by atoms with Crippen molar-refractivity contribution in [3.8, 4) is 11.8 Å². The van der Waals surface area contributed by atoms with Gasteiger partial charge in [-0.15, -0.1) is 0 Å². The molecule has 0 N–H and O–H groups in total. The van der Waals surface area contributed by atoms with E-state index in [1.54, 1.807) is 13.8 Å². The zero-order chi connectivity index (χ0) is 12.6. The molecule has 0 aromatic rings. The normalized spacial score (nSPS) is 26.0. The SMILES string of the molecule is CCOC(=O)C1C#CC2=C(C(=O)OC2=O)C1C. The molecule has 0 saturated heterocycles. The number of hydrogen-bond donors (Lipinski definition) is 0. The van der Waals surface area contributed by atoms with Crippen LogP contribution in [0.3, 0.4) is 0 Å². The molecule has 0 aromatic carbocycles. The second kappa shape index (κ2) is 4.06. The van der Waals surface area contributed by atoms with Gasteiger partial charge in [-0.1, -0.05) is 18.8 Å². The van der Waals surface area contributed by atoms with Crippen LogP contribution in [0.5, 0.6) is 0 Å². The fraction of sp³-hybridized carbons (Fsp3) is 0.417. The Balaban J connectivity index is 2.32. The summed E-state index contributed by atoms with van der Waals surface area (Å²) in [6.45, 7) is 3.60. The lowest BCUT2D eigenvalue weighted by Gasteiger charge is -2.19. The molecule has 2 unspecified atom stereocenters. The second-order valence-corrected chi connectivity index (χ2v) is 3.75. The van der Waals surface area contributed by atoms with Crippen molar-refractivity contribution in [2.24, 2.45) is 11.8 Å². The van der Waals surface area contributed by atoms with Gasteiger partial charge >= 0.3 is 17.9 Å². The fourth-order valence-corrected chi connectivity index (χ4v) is 1.87. The first-order valence-electron chi connectivity index (χ1n) is 5.25. The minimum atomic E-state index is -0.730. The molecule has 1 aliphatic heterocycles. The molecule has 2 aliphatic rings. The van der Waals surface area contributed by atoms with Crippen molar-refractivity contribution >= 4 is 17.9 Å². The van der Waals surface area contributed by atoms with E-state index >= 15 is 0 Å². The van der Waals surface area contributed by atoms with E-state index in [0.29, 0.717) is 0 Å². The molecule has 17 heavy (non-hydrogen) atoms. The molecule has 88 valence electrons. The largest absolute Gasteiger partial charge is 0.465 e. The van der Waals surface area contributed by atoms with Crippen LogP contribution in [0.2, 0.25) is 0 Å². The predicted octanol–water partition coefficient (Wildman–Crippen LogP) is 0.199. The van der Waals surface area contributed by atoms with E-state index in [2.05, 4.69) is 16.6 Å². The summed E-state index contributed by atoms with van der Waals surface area (Å²) in [6.07, 6.45) is 0. The molecule has 2 atom stereocenters. The van der Waals surface area contributed by atoms with Gasteiger partial charge in [0.15, 0.2) is 0 Å². The van der Waals surface area contributed by atoms with Crippen LogP contribution < -0.4 is 0 Å². The molecule has 0 amide bonds. The molecule has 0 fully saturated rings. The number of rotatable bonds is 2. The third kappa shape index (κ3) is 1.72. The minimum absolute atomic E-state index is 0.0723. The van der Waals surface area contributed by atoms with Crippen molar-refractivity contribution in [1.29, 1.82) is 0 Å². The Morgan fingerprint density at radius 2 is 2.12 bits per heavy atom. The summed E-state index contributed by atoms with van der Waals surface area (Å²) in [4.78, 5) is 34.3. The molecule has 0 bridgehead atoms. The number of hydrogen-bond acceptors (Lipinski definition) is 5. The minimum Gasteiger partial charge on any atom is -0.465 e. The Bertz CT molecular complexity index is 503. The maximum absolute atomic E-state index is 11.6. The van der Waals surface area contributed by atoms with Crippen molar-refractivity contribution in [2.45, 2.75) is 13.8 Å². The summed E-state index contributed by atoms with van der Waals surface area (Å²) in [5.74, 6) is 2.04. The number of carbonyl (C=O) groups excluding carboxylic acids is 3. The van der Waals surface area contributed by atoms with E-state index < -0.39 is 29.7 Å². The van der Waals surface area contributed by atoms with Crippen LogP contribution in [0.25, 0.3) is 0 Å². The van der Waals surface area contributed by atoms with Gasteiger partial charge in [0.1, 0.15) is 11.5 Å². The third-order valence-electron chi connectivity index (χ3n) is 2.73. The van der Waals surface area contributed by atoms with E-state index in [4.69, 9.17) is 4.74 Å². The van der Waals surface area contributed by atoms with Crippen LogP contribution in [-0.2, 0) is 23.9 Å². The van der Waals surface area contributed by atoms with Gasteiger partial charge in [0.05, 0.1) is 12.2 Å². The van der Waals surface area contributed by atoms with Gasteiger partial charge in [-0.3, -0.25) is 4.79 Å². The molecule has 0 radical (unpaired) electrons. The molecular formula is C12H10O5. The van der Waals surface area contributed by atoms with Crippen LogP contribution in [0, 0.1) is 23.7 Å². The maximum atomic E-state index is 11.6. The lowest BCUT2D eigenvalue weighted by molar-refractivity contribution is -0.151. The highest BCUT2D eigenvalue weighted by Gasteiger charge is 2.42. The highest BCUT2D eigenvalue weighted by Crippen LogP contribution is 2.32. The van der Waals surface area contributed by atoms with Gasteiger partial charge in [0, 0.05) is 5.92 Å². The van der Waals surface area contributed by atoms with E-state index in [9.17, 15) is 14.4 Å². The van der Waals surface area contributed by atoms with Crippen molar-refractivity contribution in [3.05, 3.63) is 11.1 Å². The van der Waals surface area contributed by atoms with Gasteiger partial charge < -0.3 is 9.47 Å². The Morgan fingerprint density at radius 1 is 1.41 bits per heavy atom. The zero-order valence-corrected chi connectivity index (χ0v) is 9.40. The molecule has 0 spiro atoms. The summed E-state index contributed by atoms with van der Waals surface area (Å²) in [6, 6.07) is 0. The molecule has 5 heteroatoms.